The summed E-state index contributed by atoms with van der Waals surface area (Å²) in [6, 6.07) is 18.9. The van der Waals surface area contributed by atoms with Crippen LogP contribution in [0.2, 0.25) is 0 Å². The van der Waals surface area contributed by atoms with E-state index in [2.05, 4.69) is 31.2 Å². The van der Waals surface area contributed by atoms with Gasteiger partial charge in [0.05, 0.1) is 23.0 Å². The molecule has 194 valence electrons. The lowest BCUT2D eigenvalue weighted by molar-refractivity contribution is -0.129. The summed E-state index contributed by atoms with van der Waals surface area (Å²) >= 11 is 3.16. The number of hydrogen-bond acceptors (Lipinski definition) is 5. The normalized spacial score (nSPS) is 16.0. The molecule has 2 atom stereocenters. The number of urea groups is 1. The fourth-order valence-corrected chi connectivity index (χ4v) is 4.65. The quantitative estimate of drug-likeness (QED) is 0.244. The molecule has 0 saturated carbocycles. The highest BCUT2D eigenvalue weighted by Crippen LogP contribution is 2.33. The largest absolute Gasteiger partial charge is 0.491 e. The maximum atomic E-state index is 14.2. The number of rotatable bonds is 9. The van der Waals surface area contributed by atoms with Crippen molar-refractivity contribution in [2.75, 3.05) is 13.2 Å². The van der Waals surface area contributed by atoms with E-state index in [1.54, 1.807) is 42.6 Å². The number of carbonyl (C=O) groups is 2. The summed E-state index contributed by atoms with van der Waals surface area (Å²) in [5, 5.41) is 11.7. The van der Waals surface area contributed by atoms with Gasteiger partial charge in [-0.05, 0) is 51.3 Å². The van der Waals surface area contributed by atoms with Crippen molar-refractivity contribution < 1.29 is 23.8 Å². The van der Waals surface area contributed by atoms with Crippen LogP contribution in [0, 0.1) is 5.82 Å². The first-order valence-electron chi connectivity index (χ1n) is 12.0. The number of H-pyrrole nitrogens is 1. The SMILES string of the molecule is O=C1NC(c2ccc(OCCO)cc2)C(=O)N1[C@H](Cc1ccccc1)c1ncc(-c2ccc(Br)c(F)c2)[nH]1. The molecule has 1 aromatic heterocycles. The number of amides is 3. The number of nitrogens with zero attached hydrogens (tertiary/aromatic N) is 2. The van der Waals surface area contributed by atoms with E-state index in [1.807, 2.05) is 30.3 Å². The smallest absolute Gasteiger partial charge is 0.325 e. The third kappa shape index (κ3) is 5.32. The van der Waals surface area contributed by atoms with Gasteiger partial charge in [0, 0.05) is 12.0 Å². The van der Waals surface area contributed by atoms with Gasteiger partial charge < -0.3 is 20.1 Å². The zero-order valence-corrected chi connectivity index (χ0v) is 21.7. The van der Waals surface area contributed by atoms with E-state index in [-0.39, 0.29) is 13.2 Å². The lowest BCUT2D eigenvalue weighted by atomic mass is 10.0. The highest BCUT2D eigenvalue weighted by Gasteiger charge is 2.44. The lowest BCUT2D eigenvalue weighted by Crippen LogP contribution is -2.36. The number of carbonyl (C=O) groups excluding carboxylic acids is 2. The number of aliphatic hydroxyl groups is 1. The van der Waals surface area contributed by atoms with Crippen LogP contribution in [-0.2, 0) is 11.2 Å². The van der Waals surface area contributed by atoms with Gasteiger partial charge in [-0.3, -0.25) is 9.69 Å². The predicted molar refractivity (Wildman–Crippen MR) is 142 cm³/mol. The van der Waals surface area contributed by atoms with Gasteiger partial charge in [0.25, 0.3) is 5.91 Å². The van der Waals surface area contributed by atoms with Gasteiger partial charge in [-0.2, -0.15) is 0 Å². The van der Waals surface area contributed by atoms with Crippen molar-refractivity contribution in [1.82, 2.24) is 20.2 Å². The minimum atomic E-state index is -0.873. The molecule has 3 N–H and O–H groups in total. The summed E-state index contributed by atoms with van der Waals surface area (Å²) in [5.41, 5.74) is 2.67. The minimum absolute atomic E-state index is 0.109. The van der Waals surface area contributed by atoms with Gasteiger partial charge in [0.15, 0.2) is 0 Å². The third-order valence-corrected chi connectivity index (χ3v) is 6.91. The summed E-state index contributed by atoms with van der Waals surface area (Å²) in [5.74, 6) is 0.131. The lowest BCUT2D eigenvalue weighted by Gasteiger charge is -2.24. The number of aliphatic hydroxyl groups excluding tert-OH is 1. The summed E-state index contributed by atoms with van der Waals surface area (Å²) in [6.07, 6.45) is 1.90. The molecular formula is C28H24BrFN4O4. The number of nitrogens with one attached hydrogen (secondary N) is 2. The topological polar surface area (TPSA) is 108 Å². The Labute approximate surface area is 226 Å². The monoisotopic (exact) mass is 578 g/mol. The first-order valence-corrected chi connectivity index (χ1v) is 12.8. The fraction of sp³-hybridized carbons (Fsp3) is 0.179. The van der Waals surface area contributed by atoms with Crippen LogP contribution in [-0.4, -0.2) is 45.1 Å². The van der Waals surface area contributed by atoms with Crippen LogP contribution in [0.3, 0.4) is 0 Å². The highest BCUT2D eigenvalue weighted by molar-refractivity contribution is 9.10. The van der Waals surface area contributed by atoms with Crippen LogP contribution >= 0.6 is 15.9 Å². The van der Waals surface area contributed by atoms with Crippen molar-refractivity contribution in [2.45, 2.75) is 18.5 Å². The van der Waals surface area contributed by atoms with E-state index in [9.17, 15) is 14.0 Å². The fourth-order valence-electron chi connectivity index (χ4n) is 4.40. The van der Waals surface area contributed by atoms with Crippen molar-refractivity contribution in [1.29, 1.82) is 0 Å². The molecule has 1 saturated heterocycles. The number of aromatic nitrogens is 2. The van der Waals surface area contributed by atoms with Gasteiger partial charge in [0.2, 0.25) is 0 Å². The summed E-state index contributed by atoms with van der Waals surface area (Å²) in [7, 11) is 0. The molecule has 3 aromatic carbocycles. The Balaban J connectivity index is 1.45. The average Bonchev–Trinajstić information content (AvgIpc) is 3.53. The summed E-state index contributed by atoms with van der Waals surface area (Å²) in [6.45, 7) is 0.0490. The van der Waals surface area contributed by atoms with Crippen molar-refractivity contribution >= 4 is 27.9 Å². The zero-order chi connectivity index (χ0) is 26.6. The number of imidazole rings is 1. The molecule has 0 radical (unpaired) electrons. The maximum Gasteiger partial charge on any atom is 0.325 e. The molecule has 1 aliphatic heterocycles. The predicted octanol–water partition coefficient (Wildman–Crippen LogP) is 4.93. The molecular weight excluding hydrogens is 555 g/mol. The van der Waals surface area contributed by atoms with Gasteiger partial charge in [-0.25, -0.2) is 14.2 Å². The number of aromatic amines is 1. The zero-order valence-electron chi connectivity index (χ0n) is 20.1. The Morgan fingerprint density at radius 3 is 2.55 bits per heavy atom. The average molecular weight is 579 g/mol. The molecule has 0 bridgehead atoms. The molecule has 8 nitrogen and oxygen atoms in total. The summed E-state index contributed by atoms with van der Waals surface area (Å²) in [4.78, 5) is 35.7. The molecule has 5 rings (SSSR count). The van der Waals surface area contributed by atoms with Crippen LogP contribution in [0.5, 0.6) is 5.75 Å². The molecule has 3 amide bonds. The van der Waals surface area contributed by atoms with E-state index in [1.165, 1.54) is 11.0 Å². The van der Waals surface area contributed by atoms with Crippen LogP contribution in [0.1, 0.15) is 29.0 Å². The van der Waals surface area contributed by atoms with Crippen molar-refractivity contribution in [3.63, 3.8) is 0 Å². The van der Waals surface area contributed by atoms with Crippen molar-refractivity contribution in [3.8, 4) is 17.0 Å². The number of benzene rings is 3. The standard InChI is InChI=1S/C28H24BrFN4O4/c29-21-11-8-19(15-22(21)30)23-16-31-26(32-23)24(14-17-4-2-1-3-5-17)34-27(36)25(33-28(34)37)18-6-9-20(10-7-18)38-13-12-35/h1-11,15-16,24-25,35H,12-14H2,(H,31,32)(H,33,37)/t24-,25?/m1/s1. The second-order valence-electron chi connectivity index (χ2n) is 8.75. The van der Waals surface area contributed by atoms with E-state index in [4.69, 9.17) is 9.84 Å². The van der Waals surface area contributed by atoms with Crippen LogP contribution in [0.4, 0.5) is 9.18 Å². The Hall–Kier alpha value is -4.02. The first kappa shape index (κ1) is 25.6. The Kier molecular flexibility index (Phi) is 7.52. The first-order chi connectivity index (χ1) is 18.4. The Bertz CT molecular complexity index is 1450. The van der Waals surface area contributed by atoms with Crippen molar-refractivity contribution in [2.24, 2.45) is 0 Å². The second-order valence-corrected chi connectivity index (χ2v) is 9.60. The molecule has 1 unspecified atom stereocenters. The molecule has 1 fully saturated rings. The molecule has 1 aliphatic rings. The molecule has 38 heavy (non-hydrogen) atoms. The van der Waals surface area contributed by atoms with Crippen LogP contribution in [0.25, 0.3) is 11.3 Å². The van der Waals surface area contributed by atoms with E-state index in [0.717, 1.165) is 5.56 Å². The molecule has 4 aromatic rings. The maximum absolute atomic E-state index is 14.2. The second kappa shape index (κ2) is 11.2. The van der Waals surface area contributed by atoms with Crippen LogP contribution < -0.4 is 10.1 Å². The van der Waals surface area contributed by atoms with E-state index >= 15 is 0 Å². The molecule has 2 heterocycles. The number of ether oxygens (including phenoxy) is 1. The summed E-state index contributed by atoms with van der Waals surface area (Å²) < 4.78 is 19.9. The van der Waals surface area contributed by atoms with Gasteiger partial charge in [-0.1, -0.05) is 48.5 Å². The number of hydrogen-bond donors (Lipinski definition) is 3. The highest BCUT2D eigenvalue weighted by atomic mass is 79.9. The van der Waals surface area contributed by atoms with Crippen molar-refractivity contribution in [3.05, 3.63) is 106 Å². The number of halogens is 2. The minimum Gasteiger partial charge on any atom is -0.491 e. The van der Waals surface area contributed by atoms with E-state index in [0.29, 0.717) is 39.3 Å². The van der Waals surface area contributed by atoms with E-state index < -0.39 is 29.8 Å². The molecule has 0 spiro atoms. The molecule has 0 aliphatic carbocycles. The van der Waals surface area contributed by atoms with Gasteiger partial charge >= 0.3 is 6.03 Å². The Morgan fingerprint density at radius 1 is 1.08 bits per heavy atom. The number of imide groups is 1. The Morgan fingerprint density at radius 2 is 1.84 bits per heavy atom. The van der Waals surface area contributed by atoms with Gasteiger partial charge in [0.1, 0.15) is 36.1 Å². The van der Waals surface area contributed by atoms with Gasteiger partial charge in [-0.15, -0.1) is 0 Å². The molecule has 10 heteroatoms. The third-order valence-electron chi connectivity index (χ3n) is 6.27. The van der Waals surface area contributed by atoms with Crippen LogP contribution in [0.15, 0.2) is 83.5 Å².